The molecular weight excluding hydrogens is 316 g/mol. The Hall–Kier alpha value is -1.79. The summed E-state index contributed by atoms with van der Waals surface area (Å²) in [6.07, 6.45) is 0. The SMILES string of the molecule is CC1Sc2ccc(C(=O)NC(C)c3cccs3)cc2NC1=O. The highest BCUT2D eigenvalue weighted by atomic mass is 32.2. The van der Waals surface area contributed by atoms with Crippen molar-refractivity contribution in [3.63, 3.8) is 0 Å². The second-order valence-electron chi connectivity index (χ2n) is 5.17. The number of anilines is 1. The van der Waals surface area contributed by atoms with Gasteiger partial charge >= 0.3 is 0 Å². The van der Waals surface area contributed by atoms with Crippen LogP contribution in [0.5, 0.6) is 0 Å². The van der Waals surface area contributed by atoms with Crippen molar-refractivity contribution in [1.29, 1.82) is 0 Å². The molecule has 0 aliphatic carbocycles. The first-order valence-corrected chi connectivity index (χ1v) is 8.76. The maximum absolute atomic E-state index is 12.4. The van der Waals surface area contributed by atoms with Gasteiger partial charge in [0.25, 0.3) is 5.91 Å². The number of amides is 2. The highest BCUT2D eigenvalue weighted by Crippen LogP contribution is 2.36. The molecule has 22 heavy (non-hydrogen) atoms. The molecular formula is C16H16N2O2S2. The molecule has 0 radical (unpaired) electrons. The zero-order chi connectivity index (χ0) is 15.7. The summed E-state index contributed by atoms with van der Waals surface area (Å²) in [5, 5.41) is 7.71. The van der Waals surface area contributed by atoms with Crippen molar-refractivity contribution in [3.8, 4) is 0 Å². The van der Waals surface area contributed by atoms with Gasteiger partial charge in [-0.05, 0) is 43.5 Å². The van der Waals surface area contributed by atoms with Crippen LogP contribution in [0.25, 0.3) is 0 Å². The number of thioether (sulfide) groups is 1. The number of thiophene rings is 1. The van der Waals surface area contributed by atoms with Crippen LogP contribution in [0.4, 0.5) is 5.69 Å². The normalized spacial score (nSPS) is 18.3. The molecule has 0 saturated carbocycles. The first-order valence-electron chi connectivity index (χ1n) is 7.00. The molecule has 2 atom stereocenters. The highest BCUT2D eigenvalue weighted by molar-refractivity contribution is 8.00. The molecule has 1 aliphatic rings. The van der Waals surface area contributed by atoms with Crippen LogP contribution in [0.3, 0.4) is 0 Å². The summed E-state index contributed by atoms with van der Waals surface area (Å²) in [6.45, 7) is 3.83. The zero-order valence-corrected chi connectivity index (χ0v) is 13.9. The van der Waals surface area contributed by atoms with E-state index < -0.39 is 0 Å². The molecule has 2 N–H and O–H groups in total. The Labute approximate surface area is 137 Å². The van der Waals surface area contributed by atoms with E-state index in [0.717, 1.165) is 9.77 Å². The van der Waals surface area contributed by atoms with Crippen LogP contribution in [0.15, 0.2) is 40.6 Å². The second-order valence-corrected chi connectivity index (χ2v) is 7.53. The molecule has 1 aliphatic heterocycles. The quantitative estimate of drug-likeness (QED) is 0.901. The van der Waals surface area contributed by atoms with Crippen molar-refractivity contribution >= 4 is 40.6 Å². The maximum atomic E-state index is 12.4. The van der Waals surface area contributed by atoms with Crippen molar-refractivity contribution in [3.05, 3.63) is 46.2 Å². The molecule has 2 aromatic rings. The Balaban J connectivity index is 1.76. The maximum Gasteiger partial charge on any atom is 0.251 e. The molecule has 0 saturated heterocycles. The van der Waals surface area contributed by atoms with Crippen molar-refractivity contribution in [1.82, 2.24) is 5.32 Å². The predicted molar refractivity (Wildman–Crippen MR) is 90.6 cm³/mol. The molecule has 2 heterocycles. The molecule has 0 bridgehead atoms. The van der Waals surface area contributed by atoms with Crippen molar-refractivity contribution in [2.45, 2.75) is 30.0 Å². The van der Waals surface area contributed by atoms with E-state index in [2.05, 4.69) is 10.6 Å². The summed E-state index contributed by atoms with van der Waals surface area (Å²) in [7, 11) is 0. The van der Waals surface area contributed by atoms with Gasteiger partial charge in [0.15, 0.2) is 0 Å². The lowest BCUT2D eigenvalue weighted by Gasteiger charge is -2.22. The minimum Gasteiger partial charge on any atom is -0.345 e. The number of carbonyl (C=O) groups excluding carboxylic acids is 2. The monoisotopic (exact) mass is 332 g/mol. The van der Waals surface area contributed by atoms with E-state index >= 15 is 0 Å². The van der Waals surface area contributed by atoms with Crippen LogP contribution in [0.2, 0.25) is 0 Å². The van der Waals surface area contributed by atoms with Gasteiger partial charge in [-0.15, -0.1) is 23.1 Å². The molecule has 4 nitrogen and oxygen atoms in total. The predicted octanol–water partition coefficient (Wildman–Crippen LogP) is 3.67. The lowest BCUT2D eigenvalue weighted by atomic mass is 10.1. The lowest BCUT2D eigenvalue weighted by molar-refractivity contribution is -0.115. The van der Waals surface area contributed by atoms with E-state index in [1.165, 1.54) is 11.8 Å². The Bertz CT molecular complexity index is 713. The van der Waals surface area contributed by atoms with Gasteiger partial charge in [0, 0.05) is 15.3 Å². The molecule has 1 aromatic carbocycles. The minimum absolute atomic E-state index is 0.0259. The molecule has 114 valence electrons. The topological polar surface area (TPSA) is 58.2 Å². The first-order chi connectivity index (χ1) is 10.5. The van der Waals surface area contributed by atoms with Gasteiger partial charge in [-0.25, -0.2) is 0 Å². The fourth-order valence-corrected chi connectivity index (χ4v) is 3.90. The smallest absolute Gasteiger partial charge is 0.251 e. The zero-order valence-electron chi connectivity index (χ0n) is 12.3. The van der Waals surface area contributed by atoms with Crippen LogP contribution in [-0.2, 0) is 4.79 Å². The van der Waals surface area contributed by atoms with Crippen LogP contribution in [0, 0.1) is 0 Å². The summed E-state index contributed by atoms with van der Waals surface area (Å²) in [6, 6.07) is 9.36. The van der Waals surface area contributed by atoms with Crippen LogP contribution in [0.1, 0.15) is 35.1 Å². The van der Waals surface area contributed by atoms with E-state index in [4.69, 9.17) is 0 Å². The molecule has 2 amide bonds. The Morgan fingerprint density at radius 2 is 2.18 bits per heavy atom. The van der Waals surface area contributed by atoms with E-state index in [1.807, 2.05) is 37.4 Å². The number of hydrogen-bond acceptors (Lipinski definition) is 4. The molecule has 6 heteroatoms. The second kappa shape index (κ2) is 6.14. The van der Waals surface area contributed by atoms with E-state index in [9.17, 15) is 9.59 Å². The third-order valence-corrected chi connectivity index (χ3v) is 5.72. The number of rotatable bonds is 3. The summed E-state index contributed by atoms with van der Waals surface area (Å²) in [5.74, 6) is -0.163. The van der Waals surface area contributed by atoms with Gasteiger partial charge in [0.1, 0.15) is 0 Å². The fraction of sp³-hybridized carbons (Fsp3) is 0.250. The highest BCUT2D eigenvalue weighted by Gasteiger charge is 2.24. The van der Waals surface area contributed by atoms with Crippen molar-refractivity contribution in [2.75, 3.05) is 5.32 Å². The van der Waals surface area contributed by atoms with Crippen LogP contribution in [-0.4, -0.2) is 17.1 Å². The van der Waals surface area contributed by atoms with Gasteiger partial charge in [-0.2, -0.15) is 0 Å². The van der Waals surface area contributed by atoms with E-state index in [1.54, 1.807) is 23.5 Å². The lowest BCUT2D eigenvalue weighted by Crippen LogP contribution is -2.28. The molecule has 2 unspecified atom stereocenters. The van der Waals surface area contributed by atoms with Gasteiger partial charge < -0.3 is 10.6 Å². The van der Waals surface area contributed by atoms with Crippen molar-refractivity contribution in [2.24, 2.45) is 0 Å². The Morgan fingerprint density at radius 1 is 1.36 bits per heavy atom. The molecule has 0 fully saturated rings. The average Bonchev–Trinajstić information content (AvgIpc) is 3.02. The molecule has 1 aromatic heterocycles. The minimum atomic E-state index is -0.137. The Morgan fingerprint density at radius 3 is 2.91 bits per heavy atom. The van der Waals surface area contributed by atoms with E-state index in [0.29, 0.717) is 11.3 Å². The standard InChI is InChI=1S/C16H16N2O2S2/c1-9(13-4-3-7-21-13)17-16(20)11-5-6-14-12(8-11)18-15(19)10(2)22-14/h3-10H,1-2H3,(H,17,20)(H,18,19). The summed E-state index contributed by atoms with van der Waals surface area (Å²) in [4.78, 5) is 26.2. The van der Waals surface area contributed by atoms with Crippen LogP contribution >= 0.6 is 23.1 Å². The van der Waals surface area contributed by atoms with E-state index in [-0.39, 0.29) is 23.1 Å². The van der Waals surface area contributed by atoms with Gasteiger partial charge in [-0.3, -0.25) is 9.59 Å². The van der Waals surface area contributed by atoms with Crippen molar-refractivity contribution < 1.29 is 9.59 Å². The third kappa shape index (κ3) is 3.03. The van der Waals surface area contributed by atoms with Gasteiger partial charge in [-0.1, -0.05) is 6.07 Å². The number of hydrogen-bond donors (Lipinski definition) is 2. The summed E-state index contributed by atoms with van der Waals surface area (Å²) < 4.78 is 0. The third-order valence-electron chi connectivity index (χ3n) is 3.49. The number of carbonyl (C=O) groups is 2. The number of benzene rings is 1. The fourth-order valence-electron chi connectivity index (χ4n) is 2.24. The largest absolute Gasteiger partial charge is 0.345 e. The first kappa shape index (κ1) is 15.1. The van der Waals surface area contributed by atoms with Gasteiger partial charge in [0.05, 0.1) is 17.0 Å². The summed E-state index contributed by atoms with van der Waals surface area (Å²) in [5.41, 5.74) is 1.27. The molecule has 0 spiro atoms. The Kier molecular flexibility index (Phi) is 4.22. The summed E-state index contributed by atoms with van der Waals surface area (Å²) >= 11 is 3.13. The average molecular weight is 332 g/mol. The number of fused-ring (bicyclic) bond motifs is 1. The molecule has 3 rings (SSSR count). The van der Waals surface area contributed by atoms with Gasteiger partial charge in [0.2, 0.25) is 5.91 Å². The van der Waals surface area contributed by atoms with Crippen LogP contribution < -0.4 is 10.6 Å². The number of nitrogens with one attached hydrogen (secondary N) is 2.